The third kappa shape index (κ3) is 5.14. The Morgan fingerprint density at radius 3 is 2.67 bits per heavy atom. The van der Waals surface area contributed by atoms with Crippen molar-refractivity contribution in [1.82, 2.24) is 5.32 Å². The lowest BCUT2D eigenvalue weighted by Crippen LogP contribution is -2.36. The van der Waals surface area contributed by atoms with Crippen LogP contribution < -0.4 is 5.32 Å². The minimum absolute atomic E-state index is 0.209. The summed E-state index contributed by atoms with van der Waals surface area (Å²) in [7, 11) is 0. The number of terminal acetylenes is 1. The van der Waals surface area contributed by atoms with E-state index in [1.807, 2.05) is 6.92 Å². The van der Waals surface area contributed by atoms with Crippen LogP contribution in [0.1, 0.15) is 19.8 Å². The van der Waals surface area contributed by atoms with E-state index in [1.165, 1.54) is 0 Å². The summed E-state index contributed by atoms with van der Waals surface area (Å²) in [6.07, 6.45) is 6.05. The van der Waals surface area contributed by atoms with Gasteiger partial charge in [0, 0.05) is 19.0 Å². The molecule has 0 bridgehead atoms. The lowest BCUT2D eigenvalue weighted by molar-refractivity contribution is 0.0918. The predicted octanol–water partition coefficient (Wildman–Crippen LogP) is -0.269. The molecule has 0 saturated carbocycles. The van der Waals surface area contributed by atoms with Crippen molar-refractivity contribution in [3.05, 3.63) is 0 Å². The zero-order valence-corrected chi connectivity index (χ0v) is 7.45. The first-order valence-electron chi connectivity index (χ1n) is 4.20. The fraction of sp³-hybridized carbons (Fsp3) is 0.778. The van der Waals surface area contributed by atoms with Crippen LogP contribution in [0.15, 0.2) is 0 Å². The normalized spacial score (nSPS) is 15.2. The highest BCUT2D eigenvalue weighted by molar-refractivity contribution is 4.89. The van der Waals surface area contributed by atoms with Gasteiger partial charge < -0.3 is 15.5 Å². The molecular weight excluding hydrogens is 154 g/mol. The quantitative estimate of drug-likeness (QED) is 0.482. The van der Waals surface area contributed by atoms with Gasteiger partial charge in [0.15, 0.2) is 0 Å². The highest BCUT2D eigenvalue weighted by Crippen LogP contribution is 1.95. The maximum atomic E-state index is 9.01. The largest absolute Gasteiger partial charge is 0.394 e. The zero-order chi connectivity index (χ0) is 9.40. The molecule has 0 aromatic heterocycles. The average molecular weight is 171 g/mol. The van der Waals surface area contributed by atoms with Gasteiger partial charge in [-0.2, -0.15) is 0 Å². The molecule has 0 aliphatic rings. The summed E-state index contributed by atoms with van der Waals surface area (Å²) in [5.41, 5.74) is 0. The molecule has 0 radical (unpaired) electrons. The van der Waals surface area contributed by atoms with Gasteiger partial charge in [0.05, 0.1) is 12.7 Å². The van der Waals surface area contributed by atoms with E-state index in [4.69, 9.17) is 16.6 Å². The third-order valence-electron chi connectivity index (χ3n) is 1.71. The lowest BCUT2D eigenvalue weighted by Gasteiger charge is -2.15. The number of aliphatic hydroxyl groups excluding tert-OH is 2. The van der Waals surface area contributed by atoms with Gasteiger partial charge in [-0.15, -0.1) is 12.3 Å². The Kier molecular flexibility index (Phi) is 6.78. The molecular formula is C9H17NO2. The molecule has 0 aromatic carbocycles. The van der Waals surface area contributed by atoms with Crippen molar-refractivity contribution < 1.29 is 10.2 Å². The second-order valence-corrected chi connectivity index (χ2v) is 2.76. The fourth-order valence-electron chi connectivity index (χ4n) is 0.870. The minimum Gasteiger partial charge on any atom is -0.394 e. The summed E-state index contributed by atoms with van der Waals surface area (Å²) in [5, 5.41) is 20.6. The van der Waals surface area contributed by atoms with Crippen LogP contribution in [0.25, 0.3) is 0 Å². The first-order chi connectivity index (χ1) is 5.74. The van der Waals surface area contributed by atoms with E-state index >= 15 is 0 Å². The van der Waals surface area contributed by atoms with Gasteiger partial charge in [0.2, 0.25) is 0 Å². The second-order valence-electron chi connectivity index (χ2n) is 2.76. The molecule has 0 aliphatic heterocycles. The molecule has 2 atom stereocenters. The van der Waals surface area contributed by atoms with Gasteiger partial charge in [0.25, 0.3) is 0 Å². The van der Waals surface area contributed by atoms with Crippen molar-refractivity contribution in [1.29, 1.82) is 0 Å². The molecule has 0 heterocycles. The first kappa shape index (κ1) is 11.4. The summed E-state index contributed by atoms with van der Waals surface area (Å²) < 4.78 is 0. The van der Waals surface area contributed by atoms with E-state index in [1.54, 1.807) is 0 Å². The van der Waals surface area contributed by atoms with E-state index in [2.05, 4.69) is 11.2 Å². The molecule has 0 aromatic rings. The van der Waals surface area contributed by atoms with E-state index in [0.717, 1.165) is 6.42 Å². The summed E-state index contributed by atoms with van der Waals surface area (Å²) in [5.74, 6) is 2.55. The first-order valence-corrected chi connectivity index (χ1v) is 4.20. The molecule has 0 fully saturated rings. The molecule has 3 nitrogen and oxygen atoms in total. The van der Waals surface area contributed by atoms with Gasteiger partial charge in [-0.25, -0.2) is 0 Å². The van der Waals surface area contributed by atoms with E-state index in [-0.39, 0.29) is 12.6 Å². The second kappa shape index (κ2) is 7.11. The molecule has 3 heteroatoms. The van der Waals surface area contributed by atoms with Gasteiger partial charge >= 0.3 is 0 Å². The summed E-state index contributed by atoms with van der Waals surface area (Å²) in [4.78, 5) is 0. The van der Waals surface area contributed by atoms with Crippen LogP contribution >= 0.6 is 0 Å². The van der Waals surface area contributed by atoms with Gasteiger partial charge in [-0.1, -0.05) is 6.92 Å². The maximum absolute atomic E-state index is 9.01. The molecule has 0 amide bonds. The average Bonchev–Trinajstić information content (AvgIpc) is 2.11. The molecule has 0 rings (SSSR count). The Bertz CT molecular complexity index is 142. The molecule has 2 unspecified atom stereocenters. The maximum Gasteiger partial charge on any atom is 0.0895 e. The highest BCUT2D eigenvalue weighted by Gasteiger charge is 2.06. The predicted molar refractivity (Wildman–Crippen MR) is 48.6 cm³/mol. The summed E-state index contributed by atoms with van der Waals surface area (Å²) in [6, 6.07) is 0.246. The fourth-order valence-corrected chi connectivity index (χ4v) is 0.870. The van der Waals surface area contributed by atoms with Crippen LogP contribution in [0.2, 0.25) is 0 Å². The number of hydrogen-bond donors (Lipinski definition) is 3. The lowest BCUT2D eigenvalue weighted by atomic mass is 10.1. The van der Waals surface area contributed by atoms with Gasteiger partial charge in [0.1, 0.15) is 0 Å². The SMILES string of the molecule is C#CCC(CC)NCC(O)CO. The van der Waals surface area contributed by atoms with Crippen molar-refractivity contribution in [3.8, 4) is 12.3 Å². The molecule has 0 spiro atoms. The zero-order valence-electron chi connectivity index (χ0n) is 7.45. The Morgan fingerprint density at radius 2 is 2.25 bits per heavy atom. The standard InChI is InChI=1S/C9H17NO2/c1-3-5-8(4-2)10-6-9(12)7-11/h1,8-12H,4-7H2,2H3. The number of rotatable bonds is 6. The van der Waals surface area contributed by atoms with Crippen LogP contribution in [0.4, 0.5) is 0 Å². The highest BCUT2D eigenvalue weighted by atomic mass is 16.3. The van der Waals surface area contributed by atoms with Crippen LogP contribution in [0.3, 0.4) is 0 Å². The Labute approximate surface area is 73.8 Å². The van der Waals surface area contributed by atoms with Crippen LogP contribution in [0, 0.1) is 12.3 Å². The van der Waals surface area contributed by atoms with Crippen molar-refractivity contribution in [2.75, 3.05) is 13.2 Å². The smallest absolute Gasteiger partial charge is 0.0895 e. The monoisotopic (exact) mass is 171 g/mol. The van der Waals surface area contributed by atoms with Gasteiger partial charge in [-0.05, 0) is 6.42 Å². The van der Waals surface area contributed by atoms with Crippen molar-refractivity contribution >= 4 is 0 Å². The third-order valence-corrected chi connectivity index (χ3v) is 1.71. The topological polar surface area (TPSA) is 52.5 Å². The van der Waals surface area contributed by atoms with Crippen molar-refractivity contribution in [2.24, 2.45) is 0 Å². The Balaban J connectivity index is 3.51. The van der Waals surface area contributed by atoms with Crippen LogP contribution in [-0.2, 0) is 0 Å². The Morgan fingerprint density at radius 1 is 1.58 bits per heavy atom. The van der Waals surface area contributed by atoms with Crippen molar-refractivity contribution in [2.45, 2.75) is 31.9 Å². The van der Waals surface area contributed by atoms with Crippen LogP contribution in [0.5, 0.6) is 0 Å². The Hall–Kier alpha value is -0.560. The van der Waals surface area contributed by atoms with Gasteiger partial charge in [-0.3, -0.25) is 0 Å². The van der Waals surface area contributed by atoms with Crippen molar-refractivity contribution in [3.63, 3.8) is 0 Å². The van der Waals surface area contributed by atoms with E-state index < -0.39 is 6.10 Å². The summed E-state index contributed by atoms with van der Waals surface area (Å²) >= 11 is 0. The van der Waals surface area contributed by atoms with E-state index in [0.29, 0.717) is 13.0 Å². The summed E-state index contributed by atoms with van der Waals surface area (Å²) in [6.45, 7) is 2.22. The molecule has 70 valence electrons. The number of aliphatic hydroxyl groups is 2. The molecule has 0 aliphatic carbocycles. The molecule has 0 saturated heterocycles. The number of nitrogens with one attached hydrogen (secondary N) is 1. The van der Waals surface area contributed by atoms with Crippen LogP contribution in [-0.4, -0.2) is 35.5 Å². The van der Waals surface area contributed by atoms with E-state index in [9.17, 15) is 0 Å². The molecule has 3 N–H and O–H groups in total. The molecule has 12 heavy (non-hydrogen) atoms. The number of hydrogen-bond acceptors (Lipinski definition) is 3. The minimum atomic E-state index is -0.683.